The van der Waals surface area contributed by atoms with Crippen molar-refractivity contribution in [3.8, 4) is 0 Å². The Balaban J connectivity index is 2.63. The lowest BCUT2D eigenvalue weighted by Crippen LogP contribution is -2.62. The van der Waals surface area contributed by atoms with Gasteiger partial charge in [0, 0.05) is 13.1 Å². The maximum atomic E-state index is 10.4. The number of hydrogen-bond acceptors (Lipinski definition) is 6. The van der Waals surface area contributed by atoms with Crippen LogP contribution in [0.4, 0.5) is 0 Å². The lowest BCUT2D eigenvalue weighted by molar-refractivity contribution is -0.150. The predicted octanol–water partition coefficient (Wildman–Crippen LogP) is -2.78. The number of aliphatic carboxylic acids is 1. The highest BCUT2D eigenvalue weighted by molar-refractivity contribution is 5.66. The minimum Gasteiger partial charge on any atom is -0.481 e. The summed E-state index contributed by atoms with van der Waals surface area (Å²) in [5.74, 6) is -0.994. The van der Waals surface area contributed by atoms with Gasteiger partial charge < -0.3 is 25.5 Å². The van der Waals surface area contributed by atoms with Crippen molar-refractivity contribution in [2.45, 2.75) is 30.8 Å². The average Bonchev–Trinajstić information content (AvgIpc) is 2.23. The van der Waals surface area contributed by atoms with E-state index in [-0.39, 0.29) is 19.5 Å². The first-order valence-electron chi connectivity index (χ1n) is 5.08. The van der Waals surface area contributed by atoms with Crippen molar-refractivity contribution < 1.29 is 30.3 Å². The maximum absolute atomic E-state index is 10.4. The number of β-amino-alcohol motifs (C(OH)–C–C–N with tert-alkyl or cyclic N) is 1. The number of carboxylic acids is 1. The average molecular weight is 235 g/mol. The first kappa shape index (κ1) is 13.3. The zero-order valence-electron chi connectivity index (χ0n) is 8.73. The van der Waals surface area contributed by atoms with Gasteiger partial charge in [-0.05, 0) is 0 Å². The summed E-state index contributed by atoms with van der Waals surface area (Å²) >= 11 is 0. The van der Waals surface area contributed by atoms with Gasteiger partial charge >= 0.3 is 5.97 Å². The van der Waals surface area contributed by atoms with Crippen molar-refractivity contribution >= 4 is 5.97 Å². The summed E-state index contributed by atoms with van der Waals surface area (Å²) in [4.78, 5) is 11.9. The van der Waals surface area contributed by atoms with Gasteiger partial charge in [-0.2, -0.15) is 0 Å². The van der Waals surface area contributed by atoms with Gasteiger partial charge in [0.1, 0.15) is 12.2 Å². The molecule has 16 heavy (non-hydrogen) atoms. The number of aliphatic hydroxyl groups excluding tert-OH is 4. The third kappa shape index (κ3) is 2.89. The quantitative estimate of drug-likeness (QED) is 0.357. The summed E-state index contributed by atoms with van der Waals surface area (Å²) in [6.45, 7) is -0.247. The van der Waals surface area contributed by atoms with Crippen LogP contribution in [-0.2, 0) is 4.79 Å². The summed E-state index contributed by atoms with van der Waals surface area (Å²) in [5.41, 5.74) is 0. The molecule has 0 amide bonds. The van der Waals surface area contributed by atoms with Crippen molar-refractivity contribution in [2.75, 3.05) is 19.7 Å². The van der Waals surface area contributed by atoms with Crippen molar-refractivity contribution in [1.29, 1.82) is 0 Å². The Hall–Kier alpha value is -0.730. The summed E-state index contributed by atoms with van der Waals surface area (Å²) in [6.07, 6.45) is -3.86. The van der Waals surface area contributed by atoms with Crippen LogP contribution in [0.3, 0.4) is 0 Å². The van der Waals surface area contributed by atoms with Gasteiger partial charge in [0.15, 0.2) is 0 Å². The van der Waals surface area contributed by atoms with Gasteiger partial charge in [-0.1, -0.05) is 0 Å². The molecule has 0 saturated carbocycles. The fourth-order valence-electron chi connectivity index (χ4n) is 1.87. The van der Waals surface area contributed by atoms with E-state index in [0.717, 1.165) is 0 Å². The number of carbonyl (C=O) groups is 1. The van der Waals surface area contributed by atoms with Crippen LogP contribution in [0.15, 0.2) is 0 Å². The lowest BCUT2D eigenvalue weighted by Gasteiger charge is -2.42. The number of carboxylic acid groups (broad SMARTS) is 1. The summed E-state index contributed by atoms with van der Waals surface area (Å²) in [6, 6.07) is -0.738. The fraction of sp³-hybridized carbons (Fsp3) is 0.889. The number of aliphatic hydroxyl groups is 4. The van der Waals surface area contributed by atoms with Crippen molar-refractivity contribution in [3.05, 3.63) is 0 Å². The van der Waals surface area contributed by atoms with E-state index in [2.05, 4.69) is 0 Å². The van der Waals surface area contributed by atoms with Crippen molar-refractivity contribution in [2.24, 2.45) is 0 Å². The molecule has 0 spiro atoms. The molecule has 4 atom stereocenters. The van der Waals surface area contributed by atoms with Crippen LogP contribution in [0.1, 0.15) is 6.42 Å². The Kier molecular flexibility index (Phi) is 4.63. The standard InChI is InChI=1S/C9H17NO6/c11-4-5-8(15)9(16)6(12)3-10(5)2-1-7(13)14/h5-6,8-9,11-12,15-16H,1-4H2,(H,13,14)/t5?,6?,8-,9+/m0/s1. The SMILES string of the molecule is O=C(O)CCN1CC(O)[C@@H](O)[C@@H](O)C1CO. The zero-order chi connectivity index (χ0) is 12.3. The summed E-state index contributed by atoms with van der Waals surface area (Å²) in [7, 11) is 0. The Morgan fingerprint density at radius 1 is 1.25 bits per heavy atom. The minimum absolute atomic E-state index is 0.0384. The molecule has 0 aromatic carbocycles. The fourth-order valence-corrected chi connectivity index (χ4v) is 1.87. The smallest absolute Gasteiger partial charge is 0.304 e. The van der Waals surface area contributed by atoms with Crippen LogP contribution in [0.25, 0.3) is 0 Å². The van der Waals surface area contributed by atoms with E-state index < -0.39 is 36.9 Å². The number of rotatable bonds is 4. The molecule has 1 aliphatic heterocycles. The van der Waals surface area contributed by atoms with Gasteiger partial charge in [-0.25, -0.2) is 0 Å². The van der Waals surface area contributed by atoms with Crippen LogP contribution in [0.5, 0.6) is 0 Å². The van der Waals surface area contributed by atoms with Crippen LogP contribution < -0.4 is 0 Å². The molecule has 7 heteroatoms. The highest BCUT2D eigenvalue weighted by Crippen LogP contribution is 2.18. The largest absolute Gasteiger partial charge is 0.481 e. The van der Waals surface area contributed by atoms with Crippen molar-refractivity contribution in [3.63, 3.8) is 0 Å². The molecule has 5 N–H and O–H groups in total. The molecule has 1 aliphatic rings. The molecule has 0 aromatic heterocycles. The van der Waals surface area contributed by atoms with E-state index in [4.69, 9.17) is 10.2 Å². The third-order valence-corrected chi connectivity index (χ3v) is 2.83. The molecular weight excluding hydrogens is 218 g/mol. The van der Waals surface area contributed by atoms with Crippen LogP contribution >= 0.6 is 0 Å². The molecule has 1 rings (SSSR count). The first-order chi connectivity index (χ1) is 7.47. The molecule has 0 aliphatic carbocycles. The number of hydrogen-bond donors (Lipinski definition) is 5. The molecule has 1 saturated heterocycles. The van der Waals surface area contributed by atoms with Crippen LogP contribution in [0.2, 0.25) is 0 Å². The molecular formula is C9H17NO6. The molecule has 0 aromatic rings. The van der Waals surface area contributed by atoms with Crippen LogP contribution in [0, 0.1) is 0 Å². The minimum atomic E-state index is -1.31. The first-order valence-corrected chi connectivity index (χ1v) is 5.08. The molecule has 94 valence electrons. The van der Waals surface area contributed by atoms with Gasteiger partial charge in [0.2, 0.25) is 0 Å². The van der Waals surface area contributed by atoms with Gasteiger partial charge in [0.05, 0.1) is 25.2 Å². The van der Waals surface area contributed by atoms with E-state index in [0.29, 0.717) is 0 Å². The highest BCUT2D eigenvalue weighted by Gasteiger charge is 2.40. The number of nitrogens with zero attached hydrogens (tertiary/aromatic N) is 1. The van der Waals surface area contributed by atoms with E-state index in [1.54, 1.807) is 0 Å². The summed E-state index contributed by atoms with van der Waals surface area (Å²) in [5, 5.41) is 46.0. The Labute approximate surface area is 92.5 Å². The van der Waals surface area contributed by atoms with Crippen molar-refractivity contribution in [1.82, 2.24) is 4.90 Å². The van der Waals surface area contributed by atoms with E-state index in [1.807, 2.05) is 0 Å². The lowest BCUT2D eigenvalue weighted by atomic mass is 9.94. The molecule has 1 fully saturated rings. The monoisotopic (exact) mass is 235 g/mol. The third-order valence-electron chi connectivity index (χ3n) is 2.83. The Bertz CT molecular complexity index is 248. The molecule has 0 bridgehead atoms. The predicted molar refractivity (Wildman–Crippen MR) is 52.7 cm³/mol. The molecule has 7 nitrogen and oxygen atoms in total. The maximum Gasteiger partial charge on any atom is 0.304 e. The molecule has 0 radical (unpaired) electrons. The van der Waals surface area contributed by atoms with E-state index in [9.17, 15) is 20.1 Å². The molecule has 1 heterocycles. The Morgan fingerprint density at radius 3 is 2.38 bits per heavy atom. The van der Waals surface area contributed by atoms with Gasteiger partial charge in [-0.15, -0.1) is 0 Å². The normalized spacial score (nSPS) is 36.2. The highest BCUT2D eigenvalue weighted by atomic mass is 16.4. The topological polar surface area (TPSA) is 121 Å². The second-order valence-electron chi connectivity index (χ2n) is 3.94. The number of likely N-dealkylation sites (tertiary alicyclic amines) is 1. The Morgan fingerprint density at radius 2 is 1.88 bits per heavy atom. The van der Waals surface area contributed by atoms with Crippen LogP contribution in [-0.4, -0.2) is 80.5 Å². The molecule has 2 unspecified atom stereocenters. The van der Waals surface area contributed by atoms with Gasteiger partial charge in [0.25, 0.3) is 0 Å². The second-order valence-corrected chi connectivity index (χ2v) is 3.94. The van der Waals surface area contributed by atoms with E-state index in [1.165, 1.54) is 4.90 Å². The second kappa shape index (κ2) is 5.55. The zero-order valence-corrected chi connectivity index (χ0v) is 8.73. The summed E-state index contributed by atoms with van der Waals surface area (Å²) < 4.78 is 0. The number of piperidine rings is 1. The van der Waals surface area contributed by atoms with E-state index >= 15 is 0 Å². The van der Waals surface area contributed by atoms with Gasteiger partial charge in [-0.3, -0.25) is 9.69 Å².